The smallest absolute Gasteiger partial charge is 0.159 e. The SMILES string of the molecule is C[C@@H](CN[C@H](C)C1CCOCC1)c1ccc(F)c(F)c1. The Bertz CT molecular complexity index is 432. The predicted octanol–water partition coefficient (Wildman–Crippen LogP) is 3.47. The summed E-state index contributed by atoms with van der Waals surface area (Å²) in [5.74, 6) is -0.760. The van der Waals surface area contributed by atoms with E-state index in [0.717, 1.165) is 38.2 Å². The average molecular weight is 283 g/mol. The highest BCUT2D eigenvalue weighted by atomic mass is 19.2. The van der Waals surface area contributed by atoms with Crippen LogP contribution in [0.1, 0.15) is 38.2 Å². The molecule has 1 N–H and O–H groups in total. The summed E-state index contributed by atoms with van der Waals surface area (Å²) >= 11 is 0. The van der Waals surface area contributed by atoms with Gasteiger partial charge >= 0.3 is 0 Å². The lowest BCUT2D eigenvalue weighted by molar-refractivity contribution is 0.0559. The monoisotopic (exact) mass is 283 g/mol. The van der Waals surface area contributed by atoms with E-state index in [0.29, 0.717) is 12.0 Å². The zero-order valence-electron chi connectivity index (χ0n) is 12.2. The molecule has 0 saturated carbocycles. The van der Waals surface area contributed by atoms with Crippen molar-refractivity contribution in [3.63, 3.8) is 0 Å². The van der Waals surface area contributed by atoms with Crippen LogP contribution in [0.3, 0.4) is 0 Å². The molecular formula is C16H23F2NO. The van der Waals surface area contributed by atoms with Gasteiger partial charge in [-0.15, -0.1) is 0 Å². The van der Waals surface area contributed by atoms with Gasteiger partial charge in [0, 0.05) is 25.8 Å². The Morgan fingerprint density at radius 2 is 1.90 bits per heavy atom. The minimum Gasteiger partial charge on any atom is -0.381 e. The maximum Gasteiger partial charge on any atom is 0.159 e. The lowest BCUT2D eigenvalue weighted by Crippen LogP contribution is -2.38. The molecule has 1 aliphatic heterocycles. The number of halogens is 2. The Morgan fingerprint density at radius 3 is 2.55 bits per heavy atom. The molecule has 1 aromatic carbocycles. The van der Waals surface area contributed by atoms with Crippen LogP contribution >= 0.6 is 0 Å². The van der Waals surface area contributed by atoms with E-state index in [1.165, 1.54) is 12.1 Å². The zero-order chi connectivity index (χ0) is 14.5. The van der Waals surface area contributed by atoms with E-state index in [9.17, 15) is 8.78 Å². The number of ether oxygens (including phenoxy) is 1. The quantitative estimate of drug-likeness (QED) is 0.893. The van der Waals surface area contributed by atoms with E-state index >= 15 is 0 Å². The maximum absolute atomic E-state index is 13.2. The first-order valence-electron chi connectivity index (χ1n) is 7.34. The zero-order valence-corrected chi connectivity index (χ0v) is 12.2. The molecule has 2 rings (SSSR count). The highest BCUT2D eigenvalue weighted by Crippen LogP contribution is 2.21. The van der Waals surface area contributed by atoms with Gasteiger partial charge in [0.25, 0.3) is 0 Å². The highest BCUT2D eigenvalue weighted by molar-refractivity contribution is 5.21. The third-order valence-electron chi connectivity index (χ3n) is 4.23. The summed E-state index contributed by atoms with van der Waals surface area (Å²) in [6.45, 7) is 6.67. The molecule has 2 nitrogen and oxygen atoms in total. The van der Waals surface area contributed by atoms with Gasteiger partial charge in [-0.1, -0.05) is 13.0 Å². The summed E-state index contributed by atoms with van der Waals surface area (Å²) < 4.78 is 31.5. The molecule has 0 amide bonds. The van der Waals surface area contributed by atoms with E-state index in [4.69, 9.17) is 4.74 Å². The molecule has 1 heterocycles. The summed E-state index contributed by atoms with van der Waals surface area (Å²) in [6, 6.07) is 4.57. The largest absolute Gasteiger partial charge is 0.381 e. The van der Waals surface area contributed by atoms with Crippen molar-refractivity contribution in [2.45, 2.75) is 38.6 Å². The van der Waals surface area contributed by atoms with Crippen molar-refractivity contribution in [1.82, 2.24) is 5.32 Å². The number of benzene rings is 1. The van der Waals surface area contributed by atoms with Gasteiger partial charge in [0.15, 0.2) is 11.6 Å². The molecule has 112 valence electrons. The molecule has 0 spiro atoms. The van der Waals surface area contributed by atoms with Crippen LogP contribution in [-0.4, -0.2) is 25.8 Å². The van der Waals surface area contributed by atoms with Crippen molar-refractivity contribution in [3.05, 3.63) is 35.4 Å². The van der Waals surface area contributed by atoms with Crippen LogP contribution in [0.4, 0.5) is 8.78 Å². The molecule has 0 bridgehead atoms. The van der Waals surface area contributed by atoms with Crippen LogP contribution in [0.25, 0.3) is 0 Å². The van der Waals surface area contributed by atoms with Gasteiger partial charge < -0.3 is 10.1 Å². The first-order valence-corrected chi connectivity index (χ1v) is 7.34. The van der Waals surface area contributed by atoms with Gasteiger partial charge in [0.1, 0.15) is 0 Å². The third kappa shape index (κ3) is 4.00. The van der Waals surface area contributed by atoms with Crippen LogP contribution in [0.15, 0.2) is 18.2 Å². The van der Waals surface area contributed by atoms with E-state index in [1.54, 1.807) is 6.07 Å². The van der Waals surface area contributed by atoms with E-state index in [2.05, 4.69) is 12.2 Å². The summed E-state index contributed by atoms with van der Waals surface area (Å²) in [6.07, 6.45) is 2.18. The van der Waals surface area contributed by atoms with Gasteiger partial charge in [-0.2, -0.15) is 0 Å². The highest BCUT2D eigenvalue weighted by Gasteiger charge is 2.20. The number of rotatable bonds is 5. The Balaban J connectivity index is 1.84. The van der Waals surface area contributed by atoms with Gasteiger partial charge in [0.05, 0.1) is 0 Å². The van der Waals surface area contributed by atoms with Crippen LogP contribution in [0, 0.1) is 17.6 Å². The molecule has 2 atom stereocenters. The Labute approximate surface area is 119 Å². The normalized spacial score (nSPS) is 19.8. The number of hydrogen-bond acceptors (Lipinski definition) is 2. The topological polar surface area (TPSA) is 21.3 Å². The minimum atomic E-state index is -0.788. The standard InChI is InChI=1S/C16H23F2NO/c1-11(14-3-4-15(17)16(18)9-14)10-19-12(2)13-5-7-20-8-6-13/h3-4,9,11-13,19H,5-8,10H2,1-2H3/t11-,12+/m0/s1. The van der Waals surface area contributed by atoms with Crippen molar-refractivity contribution >= 4 is 0 Å². The lowest BCUT2D eigenvalue weighted by Gasteiger charge is -2.29. The van der Waals surface area contributed by atoms with Gasteiger partial charge in [-0.3, -0.25) is 0 Å². The van der Waals surface area contributed by atoms with Crippen molar-refractivity contribution in [2.75, 3.05) is 19.8 Å². The first-order chi connectivity index (χ1) is 9.58. The first kappa shape index (κ1) is 15.4. The van der Waals surface area contributed by atoms with E-state index in [-0.39, 0.29) is 5.92 Å². The fourth-order valence-electron chi connectivity index (χ4n) is 2.68. The fraction of sp³-hybridized carbons (Fsp3) is 0.625. The molecule has 20 heavy (non-hydrogen) atoms. The Kier molecular flexibility index (Phi) is 5.49. The van der Waals surface area contributed by atoms with Crippen LogP contribution in [0.2, 0.25) is 0 Å². The van der Waals surface area contributed by atoms with Crippen LogP contribution in [0.5, 0.6) is 0 Å². The van der Waals surface area contributed by atoms with E-state index < -0.39 is 11.6 Å². The van der Waals surface area contributed by atoms with Gasteiger partial charge in [-0.25, -0.2) is 8.78 Å². The van der Waals surface area contributed by atoms with Crippen molar-refractivity contribution in [2.24, 2.45) is 5.92 Å². The average Bonchev–Trinajstić information content (AvgIpc) is 2.48. The summed E-state index contributed by atoms with van der Waals surface area (Å²) in [4.78, 5) is 0. The van der Waals surface area contributed by atoms with Gasteiger partial charge in [-0.05, 0) is 49.3 Å². The molecule has 0 unspecified atom stereocenters. The fourth-order valence-corrected chi connectivity index (χ4v) is 2.68. The summed E-state index contributed by atoms with van der Waals surface area (Å²) in [5.41, 5.74) is 0.829. The Morgan fingerprint density at radius 1 is 1.20 bits per heavy atom. The molecule has 4 heteroatoms. The second-order valence-electron chi connectivity index (χ2n) is 5.72. The Hall–Kier alpha value is -1.00. The summed E-state index contributed by atoms with van der Waals surface area (Å²) in [7, 11) is 0. The molecule has 0 aliphatic carbocycles. The lowest BCUT2D eigenvalue weighted by atomic mass is 9.92. The molecule has 0 radical (unpaired) electrons. The number of nitrogens with one attached hydrogen (secondary N) is 1. The van der Waals surface area contributed by atoms with Crippen molar-refractivity contribution in [3.8, 4) is 0 Å². The second kappa shape index (κ2) is 7.14. The van der Waals surface area contributed by atoms with Crippen LogP contribution in [-0.2, 0) is 4.74 Å². The number of hydrogen-bond donors (Lipinski definition) is 1. The van der Waals surface area contributed by atoms with Crippen molar-refractivity contribution < 1.29 is 13.5 Å². The van der Waals surface area contributed by atoms with Gasteiger partial charge in [0.2, 0.25) is 0 Å². The second-order valence-corrected chi connectivity index (χ2v) is 5.72. The predicted molar refractivity (Wildman–Crippen MR) is 75.8 cm³/mol. The molecule has 1 aliphatic rings. The molecule has 1 saturated heterocycles. The molecule has 1 aromatic rings. The molecule has 0 aromatic heterocycles. The van der Waals surface area contributed by atoms with Crippen LogP contribution < -0.4 is 5.32 Å². The third-order valence-corrected chi connectivity index (χ3v) is 4.23. The summed E-state index contributed by atoms with van der Waals surface area (Å²) in [5, 5.41) is 3.51. The minimum absolute atomic E-state index is 0.160. The molecule has 1 fully saturated rings. The van der Waals surface area contributed by atoms with Crippen molar-refractivity contribution in [1.29, 1.82) is 0 Å². The van der Waals surface area contributed by atoms with E-state index in [1.807, 2.05) is 6.92 Å². The maximum atomic E-state index is 13.2. The molecular weight excluding hydrogens is 260 g/mol.